The number of aryl methyl sites for hydroxylation is 1. The molecule has 1 unspecified atom stereocenters. The molecule has 1 N–H and O–H groups in total. The molecule has 0 aliphatic carbocycles. The second-order valence-electron chi connectivity index (χ2n) is 4.63. The van der Waals surface area contributed by atoms with Gasteiger partial charge < -0.3 is 10.1 Å². The van der Waals surface area contributed by atoms with Crippen molar-refractivity contribution in [2.24, 2.45) is 0 Å². The minimum Gasteiger partial charge on any atom is -0.494 e. The molecular weight excluding hydrogens is 222 g/mol. The normalized spacial score (nSPS) is 12.1. The Hall–Kier alpha value is -1.28. The molecule has 0 aliphatic rings. The number of benzene rings is 1. The van der Waals surface area contributed by atoms with Gasteiger partial charge in [0.2, 0.25) is 0 Å². The summed E-state index contributed by atoms with van der Waals surface area (Å²) in [5, 5.41) is 3.52. The van der Waals surface area contributed by atoms with Gasteiger partial charge in [0.1, 0.15) is 5.75 Å². The Morgan fingerprint density at radius 2 is 2.28 bits per heavy atom. The van der Waals surface area contributed by atoms with E-state index in [9.17, 15) is 0 Å². The van der Waals surface area contributed by atoms with Crippen LogP contribution in [0.1, 0.15) is 31.7 Å². The van der Waals surface area contributed by atoms with Gasteiger partial charge in [-0.05, 0) is 50.4 Å². The number of hydrogen-bond donors (Lipinski definition) is 1. The van der Waals surface area contributed by atoms with Gasteiger partial charge in [-0.2, -0.15) is 0 Å². The number of ether oxygens (including phenoxy) is 1. The maximum absolute atomic E-state index is 5.77. The lowest BCUT2D eigenvalue weighted by molar-refractivity contribution is 0.285. The van der Waals surface area contributed by atoms with Gasteiger partial charge in [-0.3, -0.25) is 0 Å². The van der Waals surface area contributed by atoms with Crippen molar-refractivity contribution in [3.05, 3.63) is 42.5 Å². The van der Waals surface area contributed by atoms with Crippen LogP contribution in [0.4, 0.5) is 0 Å². The summed E-state index contributed by atoms with van der Waals surface area (Å²) >= 11 is 0. The lowest BCUT2D eigenvalue weighted by Gasteiger charge is -2.17. The first-order valence-electron chi connectivity index (χ1n) is 6.80. The van der Waals surface area contributed by atoms with Gasteiger partial charge in [0.15, 0.2) is 0 Å². The topological polar surface area (TPSA) is 21.3 Å². The third kappa shape index (κ3) is 5.87. The van der Waals surface area contributed by atoms with Gasteiger partial charge in [-0.15, -0.1) is 6.58 Å². The molecule has 100 valence electrons. The van der Waals surface area contributed by atoms with Crippen LogP contribution in [-0.2, 0) is 0 Å². The Bertz CT molecular complexity index is 349. The number of hydrogen-bond acceptors (Lipinski definition) is 2. The molecule has 0 saturated heterocycles. The molecule has 2 nitrogen and oxygen atoms in total. The van der Waals surface area contributed by atoms with Crippen molar-refractivity contribution < 1.29 is 4.74 Å². The lowest BCUT2D eigenvalue weighted by atomic mass is 10.1. The highest BCUT2D eigenvalue weighted by Gasteiger charge is 2.05. The average Bonchev–Trinajstić information content (AvgIpc) is 2.36. The van der Waals surface area contributed by atoms with Crippen molar-refractivity contribution in [3.8, 4) is 5.75 Å². The fourth-order valence-electron chi connectivity index (χ4n) is 1.88. The fraction of sp³-hybridized carbons (Fsp3) is 0.500. The van der Waals surface area contributed by atoms with Crippen LogP contribution in [0, 0.1) is 6.92 Å². The van der Waals surface area contributed by atoms with Crippen LogP contribution < -0.4 is 10.1 Å². The minimum atomic E-state index is 0.479. The molecule has 18 heavy (non-hydrogen) atoms. The van der Waals surface area contributed by atoms with Gasteiger partial charge in [0.05, 0.1) is 6.61 Å². The van der Waals surface area contributed by atoms with Crippen LogP contribution in [0.2, 0.25) is 0 Å². The first kappa shape index (κ1) is 14.8. The van der Waals surface area contributed by atoms with Crippen molar-refractivity contribution in [1.29, 1.82) is 0 Å². The second-order valence-corrected chi connectivity index (χ2v) is 4.63. The lowest BCUT2D eigenvalue weighted by Crippen LogP contribution is -2.30. The smallest absolute Gasteiger partial charge is 0.119 e. The van der Waals surface area contributed by atoms with Gasteiger partial charge >= 0.3 is 0 Å². The maximum Gasteiger partial charge on any atom is 0.119 e. The predicted octanol–water partition coefficient (Wildman–Crippen LogP) is 3.71. The monoisotopic (exact) mass is 247 g/mol. The highest BCUT2D eigenvalue weighted by molar-refractivity contribution is 5.27. The highest BCUT2D eigenvalue weighted by atomic mass is 16.5. The standard InChI is InChI=1S/C16H25NO/c1-4-7-15(17-11-5-2)10-12-18-16-9-6-8-14(3)13-16/h4,6,8-9,13,15,17H,1,5,7,10-12H2,2-3H3. The third-order valence-electron chi connectivity index (χ3n) is 2.86. The van der Waals surface area contributed by atoms with Gasteiger partial charge in [0, 0.05) is 6.04 Å². The van der Waals surface area contributed by atoms with Crippen LogP contribution in [-0.4, -0.2) is 19.2 Å². The molecule has 0 amide bonds. The largest absolute Gasteiger partial charge is 0.494 e. The Balaban J connectivity index is 2.31. The molecular formula is C16H25NO. The fourth-order valence-corrected chi connectivity index (χ4v) is 1.88. The van der Waals surface area contributed by atoms with Gasteiger partial charge in [-0.25, -0.2) is 0 Å². The summed E-state index contributed by atoms with van der Waals surface area (Å²) in [7, 11) is 0. The van der Waals surface area contributed by atoms with E-state index in [0.717, 1.165) is 38.2 Å². The molecule has 0 saturated carbocycles. The zero-order valence-corrected chi connectivity index (χ0v) is 11.6. The molecule has 1 aromatic rings. The summed E-state index contributed by atoms with van der Waals surface area (Å²) in [6.07, 6.45) is 5.14. The zero-order valence-electron chi connectivity index (χ0n) is 11.6. The van der Waals surface area contributed by atoms with Gasteiger partial charge in [-0.1, -0.05) is 25.1 Å². The maximum atomic E-state index is 5.77. The molecule has 0 radical (unpaired) electrons. The van der Waals surface area contributed by atoms with Crippen LogP contribution in [0.5, 0.6) is 5.75 Å². The van der Waals surface area contributed by atoms with E-state index < -0.39 is 0 Å². The van der Waals surface area contributed by atoms with E-state index in [-0.39, 0.29) is 0 Å². The van der Waals surface area contributed by atoms with E-state index in [4.69, 9.17) is 4.74 Å². The molecule has 1 atom stereocenters. The first-order chi connectivity index (χ1) is 8.76. The van der Waals surface area contributed by atoms with E-state index >= 15 is 0 Å². The number of nitrogens with one attached hydrogen (secondary N) is 1. The summed E-state index contributed by atoms with van der Waals surface area (Å²) in [5.41, 5.74) is 1.24. The van der Waals surface area contributed by atoms with E-state index in [0.29, 0.717) is 6.04 Å². The molecule has 0 aromatic heterocycles. The molecule has 0 aliphatic heterocycles. The highest BCUT2D eigenvalue weighted by Crippen LogP contribution is 2.13. The van der Waals surface area contributed by atoms with Crippen LogP contribution in [0.3, 0.4) is 0 Å². The van der Waals surface area contributed by atoms with Gasteiger partial charge in [0.25, 0.3) is 0 Å². The predicted molar refractivity (Wildman–Crippen MR) is 78.2 cm³/mol. The summed E-state index contributed by atoms with van der Waals surface area (Å²) in [5.74, 6) is 0.961. The molecule has 1 rings (SSSR count). The first-order valence-corrected chi connectivity index (χ1v) is 6.80. The van der Waals surface area contributed by atoms with E-state index in [1.165, 1.54) is 5.56 Å². The van der Waals surface area contributed by atoms with Crippen molar-refractivity contribution >= 4 is 0 Å². The Kier molecular flexibility index (Phi) is 7.19. The van der Waals surface area contributed by atoms with Crippen molar-refractivity contribution in [2.75, 3.05) is 13.2 Å². The average molecular weight is 247 g/mol. The molecule has 0 bridgehead atoms. The third-order valence-corrected chi connectivity index (χ3v) is 2.86. The number of rotatable bonds is 9. The van der Waals surface area contributed by atoms with E-state index in [2.05, 4.69) is 37.9 Å². The zero-order chi connectivity index (χ0) is 13.2. The summed E-state index contributed by atoms with van der Waals surface area (Å²) < 4.78 is 5.77. The van der Waals surface area contributed by atoms with E-state index in [1.54, 1.807) is 0 Å². The Morgan fingerprint density at radius 3 is 2.94 bits per heavy atom. The molecule has 0 fully saturated rings. The van der Waals surface area contributed by atoms with E-state index in [1.807, 2.05) is 18.2 Å². The van der Waals surface area contributed by atoms with Crippen molar-refractivity contribution in [2.45, 2.75) is 39.2 Å². The second kappa shape index (κ2) is 8.76. The Labute approximate surface area is 111 Å². The van der Waals surface area contributed by atoms with Crippen LogP contribution >= 0.6 is 0 Å². The quantitative estimate of drug-likeness (QED) is 0.672. The molecule has 2 heteroatoms. The summed E-state index contributed by atoms with van der Waals surface area (Å²) in [6.45, 7) is 9.87. The Morgan fingerprint density at radius 1 is 1.44 bits per heavy atom. The van der Waals surface area contributed by atoms with Crippen molar-refractivity contribution in [3.63, 3.8) is 0 Å². The minimum absolute atomic E-state index is 0.479. The summed E-state index contributed by atoms with van der Waals surface area (Å²) in [6, 6.07) is 8.67. The van der Waals surface area contributed by atoms with Crippen molar-refractivity contribution in [1.82, 2.24) is 5.32 Å². The molecule has 1 aromatic carbocycles. The molecule has 0 heterocycles. The van der Waals surface area contributed by atoms with Crippen LogP contribution in [0.25, 0.3) is 0 Å². The summed E-state index contributed by atoms with van der Waals surface area (Å²) in [4.78, 5) is 0. The SMILES string of the molecule is C=CCC(CCOc1cccc(C)c1)NCCC. The molecule has 0 spiro atoms. The van der Waals surface area contributed by atoms with Crippen LogP contribution in [0.15, 0.2) is 36.9 Å².